The van der Waals surface area contributed by atoms with E-state index >= 15 is 0 Å². The van der Waals surface area contributed by atoms with Crippen LogP contribution in [0.1, 0.15) is 34.1 Å². The molecule has 0 spiro atoms. The number of nitrogens with one attached hydrogen (secondary N) is 1. The third-order valence-electron chi connectivity index (χ3n) is 4.92. The summed E-state index contributed by atoms with van der Waals surface area (Å²) in [7, 11) is 0. The van der Waals surface area contributed by atoms with Gasteiger partial charge in [0.05, 0.1) is 23.3 Å². The second kappa shape index (κ2) is 7.51. The molecule has 0 aliphatic carbocycles. The van der Waals surface area contributed by atoms with Crippen molar-refractivity contribution in [3.05, 3.63) is 71.0 Å². The highest BCUT2D eigenvalue weighted by Crippen LogP contribution is 2.35. The van der Waals surface area contributed by atoms with E-state index in [2.05, 4.69) is 16.4 Å². The number of benzene rings is 2. The second-order valence-corrected chi connectivity index (χ2v) is 7.20. The number of ether oxygens (including phenoxy) is 1. The lowest BCUT2D eigenvalue weighted by Crippen LogP contribution is -2.10. The van der Waals surface area contributed by atoms with Gasteiger partial charge in [-0.2, -0.15) is 0 Å². The summed E-state index contributed by atoms with van der Waals surface area (Å²) in [5, 5.41) is 5.23. The minimum atomic E-state index is -0.402. The molecule has 0 atom stereocenters. The van der Waals surface area contributed by atoms with Gasteiger partial charge < -0.3 is 10.1 Å². The predicted molar refractivity (Wildman–Crippen MR) is 117 cm³/mol. The minimum Gasteiger partial charge on any atom is -0.462 e. The van der Waals surface area contributed by atoms with Crippen molar-refractivity contribution in [2.75, 3.05) is 11.9 Å². The molecule has 2 heterocycles. The standard InChI is InChI=1S/C24H23N3O2/c1-5-29-24(28)19-13-25-22-18-12-15(3)9-10-20(18)26-16(4)21(22)23(19)27-17-8-6-7-14(2)11-17/h6-13H,5H2,1-4H3,(H,25,27). The predicted octanol–water partition coefficient (Wildman–Crippen LogP) is 5.63. The van der Waals surface area contributed by atoms with Gasteiger partial charge in [-0.1, -0.05) is 23.8 Å². The zero-order valence-electron chi connectivity index (χ0n) is 17.0. The number of hydrogen-bond acceptors (Lipinski definition) is 5. The summed E-state index contributed by atoms with van der Waals surface area (Å²) in [6, 6.07) is 14.2. The van der Waals surface area contributed by atoms with Gasteiger partial charge in [-0.3, -0.25) is 9.97 Å². The summed E-state index contributed by atoms with van der Waals surface area (Å²) in [6.45, 7) is 8.12. The van der Waals surface area contributed by atoms with Crippen molar-refractivity contribution in [1.29, 1.82) is 0 Å². The largest absolute Gasteiger partial charge is 0.462 e. The molecule has 1 N–H and O–H groups in total. The number of rotatable bonds is 4. The number of fused-ring (bicyclic) bond motifs is 3. The first-order valence-corrected chi connectivity index (χ1v) is 9.68. The normalized spacial score (nSPS) is 11.0. The lowest BCUT2D eigenvalue weighted by Gasteiger charge is -2.17. The molecule has 0 saturated heterocycles. The van der Waals surface area contributed by atoms with Crippen LogP contribution in [0, 0.1) is 20.8 Å². The Bertz CT molecular complexity index is 1250. The van der Waals surface area contributed by atoms with E-state index in [-0.39, 0.29) is 0 Å². The summed E-state index contributed by atoms with van der Waals surface area (Å²) in [5.41, 5.74) is 6.75. The first-order chi connectivity index (χ1) is 14.0. The second-order valence-electron chi connectivity index (χ2n) is 7.20. The zero-order chi connectivity index (χ0) is 20.5. The molecule has 2 aromatic heterocycles. The van der Waals surface area contributed by atoms with Gasteiger partial charge in [0.1, 0.15) is 5.56 Å². The first kappa shape index (κ1) is 18.9. The number of anilines is 2. The van der Waals surface area contributed by atoms with E-state index in [1.807, 2.05) is 57.2 Å². The Hall–Kier alpha value is -3.47. The molecular formula is C24H23N3O2. The van der Waals surface area contributed by atoms with E-state index in [4.69, 9.17) is 9.72 Å². The fraction of sp³-hybridized carbons (Fsp3) is 0.208. The SMILES string of the molecule is CCOC(=O)c1cnc2c(c(C)nc3ccc(C)cc32)c1Nc1cccc(C)c1. The van der Waals surface area contributed by atoms with Crippen LogP contribution in [0.4, 0.5) is 11.4 Å². The van der Waals surface area contributed by atoms with Crippen LogP contribution in [0.25, 0.3) is 21.8 Å². The molecule has 5 heteroatoms. The molecule has 0 bridgehead atoms. The molecule has 2 aromatic carbocycles. The number of nitrogens with zero attached hydrogens (tertiary/aromatic N) is 2. The highest BCUT2D eigenvalue weighted by atomic mass is 16.5. The van der Waals surface area contributed by atoms with E-state index in [1.165, 1.54) is 0 Å². The van der Waals surface area contributed by atoms with Crippen molar-refractivity contribution in [1.82, 2.24) is 9.97 Å². The molecule has 0 saturated carbocycles. The third kappa shape index (κ3) is 3.51. The van der Waals surface area contributed by atoms with Gasteiger partial charge in [0, 0.05) is 28.4 Å². The maximum Gasteiger partial charge on any atom is 0.341 e. The maximum atomic E-state index is 12.7. The van der Waals surface area contributed by atoms with Crippen LogP contribution in [-0.4, -0.2) is 22.5 Å². The summed E-state index contributed by atoms with van der Waals surface area (Å²) in [4.78, 5) is 22.1. The van der Waals surface area contributed by atoms with Crippen LogP contribution in [0.3, 0.4) is 0 Å². The Kier molecular flexibility index (Phi) is 4.89. The van der Waals surface area contributed by atoms with E-state index in [0.29, 0.717) is 17.9 Å². The average Bonchev–Trinajstić information content (AvgIpc) is 2.69. The average molecular weight is 385 g/mol. The number of hydrogen-bond donors (Lipinski definition) is 1. The van der Waals surface area contributed by atoms with E-state index in [9.17, 15) is 4.79 Å². The van der Waals surface area contributed by atoms with Crippen molar-refractivity contribution < 1.29 is 9.53 Å². The van der Waals surface area contributed by atoms with E-state index in [1.54, 1.807) is 13.1 Å². The Morgan fingerprint density at radius 1 is 1.07 bits per heavy atom. The van der Waals surface area contributed by atoms with Crippen LogP contribution in [-0.2, 0) is 4.74 Å². The minimum absolute atomic E-state index is 0.300. The van der Waals surface area contributed by atoms with E-state index < -0.39 is 5.97 Å². The van der Waals surface area contributed by atoms with Crippen LogP contribution in [0.2, 0.25) is 0 Å². The lowest BCUT2D eigenvalue weighted by molar-refractivity contribution is 0.0527. The van der Waals surface area contributed by atoms with Crippen LogP contribution in [0.5, 0.6) is 0 Å². The monoisotopic (exact) mass is 385 g/mol. The van der Waals surface area contributed by atoms with Gasteiger partial charge in [0.15, 0.2) is 0 Å². The van der Waals surface area contributed by atoms with Crippen molar-refractivity contribution in [2.24, 2.45) is 0 Å². The van der Waals surface area contributed by atoms with Crippen molar-refractivity contribution in [3.63, 3.8) is 0 Å². The van der Waals surface area contributed by atoms with Gasteiger partial charge in [-0.15, -0.1) is 0 Å². The van der Waals surface area contributed by atoms with Gasteiger partial charge in [0.2, 0.25) is 0 Å². The number of pyridine rings is 2. The quantitative estimate of drug-likeness (QED) is 0.364. The Morgan fingerprint density at radius 2 is 1.86 bits per heavy atom. The number of aryl methyl sites for hydroxylation is 3. The lowest BCUT2D eigenvalue weighted by atomic mass is 10.0. The molecular weight excluding hydrogens is 362 g/mol. The number of aromatic nitrogens is 2. The Morgan fingerprint density at radius 3 is 2.62 bits per heavy atom. The molecule has 0 aliphatic heterocycles. The third-order valence-corrected chi connectivity index (χ3v) is 4.92. The van der Waals surface area contributed by atoms with Gasteiger partial charge in [-0.25, -0.2) is 4.79 Å². The molecule has 0 amide bonds. The summed E-state index contributed by atoms with van der Waals surface area (Å²) < 4.78 is 5.29. The van der Waals surface area contributed by atoms with Gasteiger partial charge in [0.25, 0.3) is 0 Å². The highest BCUT2D eigenvalue weighted by Gasteiger charge is 2.20. The molecule has 146 valence electrons. The molecule has 4 rings (SSSR count). The van der Waals surface area contributed by atoms with Crippen LogP contribution in [0.15, 0.2) is 48.7 Å². The molecule has 0 aliphatic rings. The molecule has 5 nitrogen and oxygen atoms in total. The topological polar surface area (TPSA) is 64.1 Å². The Balaban J connectivity index is 2.04. The molecule has 0 radical (unpaired) electrons. The molecule has 0 unspecified atom stereocenters. The van der Waals surface area contributed by atoms with Crippen LogP contribution >= 0.6 is 0 Å². The fourth-order valence-electron chi connectivity index (χ4n) is 3.60. The number of esters is 1. The maximum absolute atomic E-state index is 12.7. The number of carbonyl (C=O) groups is 1. The first-order valence-electron chi connectivity index (χ1n) is 9.68. The molecule has 0 fully saturated rings. The van der Waals surface area contributed by atoms with Gasteiger partial charge in [-0.05, 0) is 57.5 Å². The smallest absolute Gasteiger partial charge is 0.341 e. The van der Waals surface area contributed by atoms with Crippen LogP contribution < -0.4 is 5.32 Å². The summed E-state index contributed by atoms with van der Waals surface area (Å²) in [6.07, 6.45) is 1.60. The highest BCUT2D eigenvalue weighted by molar-refractivity contribution is 6.13. The van der Waals surface area contributed by atoms with Crippen molar-refractivity contribution >= 4 is 39.1 Å². The molecule has 4 aromatic rings. The summed E-state index contributed by atoms with van der Waals surface area (Å²) in [5.74, 6) is -0.402. The van der Waals surface area contributed by atoms with Crippen molar-refractivity contribution in [3.8, 4) is 0 Å². The number of carbonyl (C=O) groups excluding carboxylic acids is 1. The fourth-order valence-corrected chi connectivity index (χ4v) is 3.60. The zero-order valence-corrected chi connectivity index (χ0v) is 17.0. The molecule has 29 heavy (non-hydrogen) atoms. The Labute approximate surface area is 169 Å². The van der Waals surface area contributed by atoms with E-state index in [0.717, 1.165) is 44.3 Å². The van der Waals surface area contributed by atoms with Crippen molar-refractivity contribution in [2.45, 2.75) is 27.7 Å². The van der Waals surface area contributed by atoms with Gasteiger partial charge >= 0.3 is 5.97 Å². The summed E-state index contributed by atoms with van der Waals surface area (Å²) >= 11 is 0.